The molecule has 18 heavy (non-hydrogen) atoms. The van der Waals surface area contributed by atoms with Crippen LogP contribution in [0.25, 0.3) is 0 Å². The first-order valence-electron chi connectivity index (χ1n) is 8.29. The quantitative estimate of drug-likeness (QED) is 0.763. The van der Waals surface area contributed by atoms with E-state index in [9.17, 15) is 0 Å². The summed E-state index contributed by atoms with van der Waals surface area (Å²) < 4.78 is 0. The van der Waals surface area contributed by atoms with Crippen LogP contribution in [0, 0.1) is 22.7 Å². The van der Waals surface area contributed by atoms with Crippen LogP contribution in [0.15, 0.2) is 0 Å². The molecule has 0 radical (unpaired) electrons. The van der Waals surface area contributed by atoms with Gasteiger partial charge in [0.15, 0.2) is 0 Å². The molecule has 3 aliphatic carbocycles. The molecule has 1 atom stereocenters. The highest BCUT2D eigenvalue weighted by atomic mass is 15.0. The highest BCUT2D eigenvalue weighted by Gasteiger charge is 2.55. The van der Waals surface area contributed by atoms with E-state index in [4.69, 9.17) is 0 Å². The third-order valence-corrected chi connectivity index (χ3v) is 6.59. The highest BCUT2D eigenvalue weighted by Crippen LogP contribution is 2.63. The minimum atomic E-state index is 0.582. The van der Waals surface area contributed by atoms with Gasteiger partial charge in [-0.1, -0.05) is 27.2 Å². The molecule has 0 amide bonds. The lowest BCUT2D eigenvalue weighted by atomic mass is 9.66. The molecule has 1 unspecified atom stereocenters. The van der Waals surface area contributed by atoms with E-state index in [-0.39, 0.29) is 0 Å². The summed E-state index contributed by atoms with van der Waals surface area (Å²) in [7, 11) is 0. The zero-order chi connectivity index (χ0) is 12.8. The van der Waals surface area contributed by atoms with Crippen LogP contribution in [0.2, 0.25) is 0 Å². The molecule has 0 aliphatic heterocycles. The molecule has 104 valence electrons. The van der Waals surface area contributed by atoms with Gasteiger partial charge in [-0.2, -0.15) is 0 Å². The van der Waals surface area contributed by atoms with Crippen molar-refractivity contribution >= 4 is 0 Å². The summed E-state index contributed by atoms with van der Waals surface area (Å²) in [6.45, 7) is 8.65. The van der Waals surface area contributed by atoms with Gasteiger partial charge in [-0.3, -0.25) is 0 Å². The summed E-state index contributed by atoms with van der Waals surface area (Å²) in [5.41, 5.74) is 1.38. The zero-order valence-corrected chi connectivity index (χ0v) is 12.6. The van der Waals surface area contributed by atoms with Crippen molar-refractivity contribution in [3.05, 3.63) is 0 Å². The Morgan fingerprint density at radius 1 is 1.11 bits per heavy atom. The van der Waals surface area contributed by atoms with Gasteiger partial charge in [-0.25, -0.2) is 0 Å². The molecule has 1 heteroatoms. The number of nitrogens with one attached hydrogen (secondary N) is 1. The molecule has 1 spiro atoms. The first-order valence-corrected chi connectivity index (χ1v) is 8.29. The Labute approximate surface area is 113 Å². The van der Waals surface area contributed by atoms with Gasteiger partial charge in [0, 0.05) is 6.04 Å². The van der Waals surface area contributed by atoms with Crippen molar-refractivity contribution in [2.45, 2.75) is 78.2 Å². The predicted molar refractivity (Wildman–Crippen MR) is 77.6 cm³/mol. The van der Waals surface area contributed by atoms with Crippen LogP contribution in [-0.4, -0.2) is 12.6 Å². The maximum Gasteiger partial charge on any atom is 0.00683 e. The Hall–Kier alpha value is -0.0400. The van der Waals surface area contributed by atoms with Gasteiger partial charge in [0.1, 0.15) is 0 Å². The van der Waals surface area contributed by atoms with Crippen LogP contribution >= 0.6 is 0 Å². The molecule has 1 N–H and O–H groups in total. The second-order valence-corrected chi connectivity index (χ2v) is 8.06. The summed E-state index contributed by atoms with van der Waals surface area (Å²) in [6, 6.07) is 0.901. The van der Waals surface area contributed by atoms with Gasteiger partial charge in [0.25, 0.3) is 0 Å². The van der Waals surface area contributed by atoms with E-state index < -0.39 is 0 Å². The molecule has 0 aromatic carbocycles. The molecule has 3 aliphatic rings. The normalized spacial score (nSPS) is 40.2. The number of hydrogen-bond donors (Lipinski definition) is 1. The van der Waals surface area contributed by atoms with Crippen LogP contribution in [-0.2, 0) is 0 Å². The van der Waals surface area contributed by atoms with E-state index in [0.29, 0.717) is 5.41 Å². The SMILES string of the molecule is CCC(C)(C)C1CCC2(CC1)CC2CNC1CC1. The number of hydrogen-bond acceptors (Lipinski definition) is 1. The summed E-state index contributed by atoms with van der Waals surface area (Å²) in [5.74, 6) is 2.02. The molecule has 0 bridgehead atoms. The van der Waals surface area contributed by atoms with E-state index in [2.05, 4.69) is 26.1 Å². The van der Waals surface area contributed by atoms with Crippen molar-refractivity contribution in [3.8, 4) is 0 Å². The van der Waals surface area contributed by atoms with Crippen molar-refractivity contribution < 1.29 is 0 Å². The average molecular weight is 249 g/mol. The first kappa shape index (κ1) is 13.0. The maximum absolute atomic E-state index is 3.74. The lowest BCUT2D eigenvalue weighted by molar-refractivity contribution is 0.115. The fourth-order valence-electron chi connectivity index (χ4n) is 4.19. The van der Waals surface area contributed by atoms with Gasteiger partial charge in [-0.15, -0.1) is 0 Å². The Kier molecular flexibility index (Phi) is 3.25. The fourth-order valence-corrected chi connectivity index (χ4v) is 4.19. The third kappa shape index (κ3) is 2.48. The maximum atomic E-state index is 3.74. The van der Waals surface area contributed by atoms with E-state index in [1.807, 2.05) is 0 Å². The van der Waals surface area contributed by atoms with Crippen molar-refractivity contribution in [1.82, 2.24) is 5.32 Å². The number of rotatable bonds is 5. The van der Waals surface area contributed by atoms with Crippen LogP contribution in [0.1, 0.15) is 72.1 Å². The second-order valence-electron chi connectivity index (χ2n) is 8.06. The Morgan fingerprint density at radius 3 is 2.33 bits per heavy atom. The molecule has 0 saturated heterocycles. The smallest absolute Gasteiger partial charge is 0.00683 e. The molecular formula is C17H31N. The predicted octanol–water partition coefficient (Wildman–Crippen LogP) is 4.37. The Balaban J connectivity index is 1.45. The fraction of sp³-hybridized carbons (Fsp3) is 1.00. The molecule has 0 aromatic rings. The largest absolute Gasteiger partial charge is 0.314 e. The van der Waals surface area contributed by atoms with Gasteiger partial charge in [0.2, 0.25) is 0 Å². The van der Waals surface area contributed by atoms with Crippen molar-refractivity contribution in [2.75, 3.05) is 6.54 Å². The summed E-state index contributed by atoms with van der Waals surface area (Å²) in [4.78, 5) is 0. The van der Waals surface area contributed by atoms with Crippen molar-refractivity contribution in [2.24, 2.45) is 22.7 Å². The summed E-state index contributed by atoms with van der Waals surface area (Å²) in [5, 5.41) is 3.74. The lowest BCUT2D eigenvalue weighted by Crippen LogP contribution is -2.30. The molecule has 1 nitrogen and oxygen atoms in total. The van der Waals surface area contributed by atoms with E-state index in [0.717, 1.165) is 23.3 Å². The Morgan fingerprint density at radius 2 is 1.78 bits per heavy atom. The van der Waals surface area contributed by atoms with Crippen molar-refractivity contribution in [1.29, 1.82) is 0 Å². The van der Waals surface area contributed by atoms with Gasteiger partial charge >= 0.3 is 0 Å². The van der Waals surface area contributed by atoms with Crippen LogP contribution in [0.4, 0.5) is 0 Å². The highest BCUT2D eigenvalue weighted by molar-refractivity contribution is 5.06. The second kappa shape index (κ2) is 4.51. The molecule has 0 aromatic heterocycles. The minimum absolute atomic E-state index is 0.582. The monoisotopic (exact) mass is 249 g/mol. The average Bonchev–Trinajstić information content (AvgIpc) is 3.25. The molecule has 3 saturated carbocycles. The van der Waals surface area contributed by atoms with Crippen LogP contribution in [0.5, 0.6) is 0 Å². The standard InChI is InChI=1S/C17H31N/c1-4-16(2,3)13-7-9-17(10-8-13)11-14(17)12-18-15-5-6-15/h13-15,18H,4-12H2,1-3H3. The van der Waals surface area contributed by atoms with E-state index >= 15 is 0 Å². The molecular weight excluding hydrogens is 218 g/mol. The third-order valence-electron chi connectivity index (χ3n) is 6.59. The van der Waals surface area contributed by atoms with Crippen LogP contribution < -0.4 is 5.32 Å². The topological polar surface area (TPSA) is 12.0 Å². The van der Waals surface area contributed by atoms with Gasteiger partial charge < -0.3 is 5.32 Å². The van der Waals surface area contributed by atoms with Gasteiger partial charge in [0.05, 0.1) is 0 Å². The van der Waals surface area contributed by atoms with E-state index in [1.165, 1.54) is 57.9 Å². The van der Waals surface area contributed by atoms with Gasteiger partial charge in [-0.05, 0) is 74.2 Å². The lowest BCUT2D eigenvalue weighted by Gasteiger charge is -2.39. The minimum Gasteiger partial charge on any atom is -0.314 e. The van der Waals surface area contributed by atoms with Crippen molar-refractivity contribution in [3.63, 3.8) is 0 Å². The summed E-state index contributed by atoms with van der Waals surface area (Å²) >= 11 is 0. The van der Waals surface area contributed by atoms with Crippen LogP contribution in [0.3, 0.4) is 0 Å². The zero-order valence-electron chi connectivity index (χ0n) is 12.6. The molecule has 0 heterocycles. The molecule has 3 fully saturated rings. The molecule has 3 rings (SSSR count). The Bertz CT molecular complexity index is 295. The first-order chi connectivity index (χ1) is 8.56. The van der Waals surface area contributed by atoms with E-state index in [1.54, 1.807) is 0 Å². The summed E-state index contributed by atoms with van der Waals surface area (Å²) in [6.07, 6.45) is 11.8.